The Kier molecular flexibility index (Phi) is 5.18. The molecule has 3 heterocycles. The van der Waals surface area contributed by atoms with E-state index in [1.165, 1.54) is 5.56 Å². The SMILES string of the molecule is CN(C)Cc1ccc(C(=O)Cc2cc3nc(-c4cnn(C)c4)ccc3cn2)cc1. The Hall–Kier alpha value is -3.38. The summed E-state index contributed by atoms with van der Waals surface area (Å²) >= 11 is 0. The highest BCUT2D eigenvalue weighted by Crippen LogP contribution is 2.21. The van der Waals surface area contributed by atoms with Crippen molar-refractivity contribution < 1.29 is 4.79 Å². The molecule has 0 spiro atoms. The van der Waals surface area contributed by atoms with E-state index < -0.39 is 0 Å². The van der Waals surface area contributed by atoms with E-state index in [2.05, 4.69) is 15.0 Å². The number of benzene rings is 1. The molecule has 0 aliphatic rings. The Bertz CT molecular complexity index is 1160. The normalized spacial score (nSPS) is 11.3. The van der Waals surface area contributed by atoms with Crippen molar-refractivity contribution in [3.05, 3.63) is 77.9 Å². The highest BCUT2D eigenvalue weighted by molar-refractivity contribution is 5.97. The van der Waals surface area contributed by atoms with Gasteiger partial charge in [0.2, 0.25) is 0 Å². The Morgan fingerprint density at radius 1 is 1.07 bits per heavy atom. The van der Waals surface area contributed by atoms with Gasteiger partial charge in [-0.2, -0.15) is 5.10 Å². The molecular weight excluding hydrogens is 362 g/mol. The van der Waals surface area contributed by atoms with Crippen molar-refractivity contribution in [1.29, 1.82) is 0 Å². The quantitative estimate of drug-likeness (QED) is 0.475. The van der Waals surface area contributed by atoms with Crippen LogP contribution in [-0.4, -0.2) is 44.5 Å². The van der Waals surface area contributed by atoms with Crippen LogP contribution in [0.15, 0.2) is 61.1 Å². The molecule has 0 N–H and O–H groups in total. The average Bonchev–Trinajstić information content (AvgIpc) is 3.14. The number of ketones is 1. The van der Waals surface area contributed by atoms with Gasteiger partial charge >= 0.3 is 0 Å². The largest absolute Gasteiger partial charge is 0.305 e. The van der Waals surface area contributed by atoms with E-state index >= 15 is 0 Å². The number of hydrogen-bond acceptors (Lipinski definition) is 5. The molecule has 0 saturated carbocycles. The van der Waals surface area contributed by atoms with E-state index in [0.29, 0.717) is 5.56 Å². The van der Waals surface area contributed by atoms with Gasteiger partial charge in [-0.05, 0) is 37.9 Å². The molecule has 1 aromatic carbocycles. The molecule has 0 bridgehead atoms. The summed E-state index contributed by atoms with van der Waals surface area (Å²) in [6.45, 7) is 0.853. The van der Waals surface area contributed by atoms with E-state index in [4.69, 9.17) is 4.98 Å². The van der Waals surface area contributed by atoms with Gasteiger partial charge in [0.1, 0.15) is 0 Å². The first-order valence-electron chi connectivity index (χ1n) is 9.49. The zero-order valence-electron chi connectivity index (χ0n) is 16.8. The van der Waals surface area contributed by atoms with Gasteiger partial charge in [0.25, 0.3) is 0 Å². The van der Waals surface area contributed by atoms with Crippen molar-refractivity contribution in [2.75, 3.05) is 14.1 Å². The first-order valence-corrected chi connectivity index (χ1v) is 9.49. The molecule has 4 aromatic rings. The van der Waals surface area contributed by atoms with Gasteiger partial charge in [0, 0.05) is 42.5 Å². The van der Waals surface area contributed by atoms with Gasteiger partial charge in [-0.1, -0.05) is 24.3 Å². The van der Waals surface area contributed by atoms with E-state index in [0.717, 1.165) is 34.4 Å². The lowest BCUT2D eigenvalue weighted by molar-refractivity contribution is 0.0992. The lowest BCUT2D eigenvalue weighted by atomic mass is 10.0. The van der Waals surface area contributed by atoms with E-state index in [-0.39, 0.29) is 12.2 Å². The summed E-state index contributed by atoms with van der Waals surface area (Å²) in [7, 11) is 5.93. The monoisotopic (exact) mass is 385 g/mol. The molecule has 0 aliphatic heterocycles. The van der Waals surface area contributed by atoms with Crippen LogP contribution in [0.4, 0.5) is 0 Å². The van der Waals surface area contributed by atoms with Crippen LogP contribution >= 0.6 is 0 Å². The fraction of sp³-hybridized carbons (Fsp3) is 0.217. The molecule has 0 saturated heterocycles. The van der Waals surface area contributed by atoms with Gasteiger partial charge < -0.3 is 4.90 Å². The second kappa shape index (κ2) is 7.93. The molecule has 0 radical (unpaired) electrons. The summed E-state index contributed by atoms with van der Waals surface area (Å²) in [4.78, 5) is 24.0. The van der Waals surface area contributed by atoms with E-state index in [9.17, 15) is 4.79 Å². The molecule has 3 aromatic heterocycles. The van der Waals surface area contributed by atoms with Crippen molar-refractivity contribution in [2.45, 2.75) is 13.0 Å². The number of nitrogens with zero attached hydrogens (tertiary/aromatic N) is 5. The van der Waals surface area contributed by atoms with Crippen molar-refractivity contribution >= 4 is 16.7 Å². The van der Waals surface area contributed by atoms with Crippen LogP contribution in [0.5, 0.6) is 0 Å². The predicted octanol–water partition coefficient (Wildman–Crippen LogP) is 3.52. The summed E-state index contributed by atoms with van der Waals surface area (Å²) in [6.07, 6.45) is 5.75. The molecule has 0 atom stereocenters. The van der Waals surface area contributed by atoms with Crippen LogP contribution in [0.2, 0.25) is 0 Å². The van der Waals surface area contributed by atoms with Gasteiger partial charge in [-0.3, -0.25) is 14.5 Å². The van der Waals surface area contributed by atoms with Gasteiger partial charge in [0.15, 0.2) is 5.78 Å². The summed E-state index contributed by atoms with van der Waals surface area (Å²) in [5.74, 6) is 0.0525. The highest BCUT2D eigenvalue weighted by Gasteiger charge is 2.10. The van der Waals surface area contributed by atoms with Crippen LogP contribution in [-0.2, 0) is 20.0 Å². The van der Waals surface area contributed by atoms with Gasteiger partial charge in [-0.25, -0.2) is 4.98 Å². The molecule has 29 heavy (non-hydrogen) atoms. The number of carbonyl (C=O) groups excluding carboxylic acids is 1. The van der Waals surface area contributed by atoms with Gasteiger partial charge in [0.05, 0.1) is 29.5 Å². The highest BCUT2D eigenvalue weighted by atomic mass is 16.1. The number of pyridine rings is 2. The van der Waals surface area contributed by atoms with Crippen LogP contribution in [0.3, 0.4) is 0 Å². The standard InChI is InChI=1S/C23H23N5O/c1-27(2)14-16-4-6-17(7-5-16)23(29)11-20-10-22-18(12-24-20)8-9-21(26-22)19-13-25-28(3)15-19/h4-10,12-13,15H,11,14H2,1-3H3. The molecular formula is C23H23N5O. The fourth-order valence-corrected chi connectivity index (χ4v) is 3.30. The summed E-state index contributed by atoms with van der Waals surface area (Å²) in [6, 6.07) is 13.6. The molecule has 4 rings (SSSR count). The zero-order chi connectivity index (χ0) is 20.4. The Morgan fingerprint density at radius 2 is 1.86 bits per heavy atom. The Morgan fingerprint density at radius 3 is 2.55 bits per heavy atom. The van der Waals surface area contributed by atoms with Crippen LogP contribution in [0, 0.1) is 0 Å². The molecule has 6 nitrogen and oxygen atoms in total. The first kappa shape index (κ1) is 19.0. The lowest BCUT2D eigenvalue weighted by Gasteiger charge is -2.10. The van der Waals surface area contributed by atoms with Crippen LogP contribution in [0.1, 0.15) is 21.6 Å². The number of hydrogen-bond donors (Lipinski definition) is 0. The Labute approximate surface area is 169 Å². The third kappa shape index (κ3) is 4.38. The molecule has 0 aliphatic carbocycles. The number of fused-ring (bicyclic) bond motifs is 1. The second-order valence-corrected chi connectivity index (χ2v) is 7.50. The maximum Gasteiger partial charge on any atom is 0.168 e. The summed E-state index contributed by atoms with van der Waals surface area (Å²) < 4.78 is 1.75. The number of carbonyl (C=O) groups is 1. The smallest absolute Gasteiger partial charge is 0.168 e. The number of aromatic nitrogens is 4. The average molecular weight is 385 g/mol. The Balaban J connectivity index is 1.55. The summed E-state index contributed by atoms with van der Waals surface area (Å²) in [5.41, 5.74) is 5.24. The third-order valence-electron chi connectivity index (χ3n) is 4.75. The van der Waals surface area contributed by atoms with Crippen molar-refractivity contribution in [1.82, 2.24) is 24.6 Å². The van der Waals surface area contributed by atoms with E-state index in [1.54, 1.807) is 17.1 Å². The molecule has 0 unspecified atom stereocenters. The van der Waals surface area contributed by atoms with E-state index in [1.807, 2.05) is 69.8 Å². The number of rotatable bonds is 6. The minimum atomic E-state index is 0.0525. The maximum atomic E-state index is 12.7. The zero-order valence-corrected chi connectivity index (χ0v) is 16.8. The topological polar surface area (TPSA) is 63.9 Å². The summed E-state index contributed by atoms with van der Waals surface area (Å²) in [5, 5.41) is 5.15. The fourth-order valence-electron chi connectivity index (χ4n) is 3.30. The van der Waals surface area contributed by atoms with Crippen LogP contribution < -0.4 is 0 Å². The van der Waals surface area contributed by atoms with Gasteiger partial charge in [-0.15, -0.1) is 0 Å². The third-order valence-corrected chi connectivity index (χ3v) is 4.75. The molecule has 146 valence electrons. The van der Waals surface area contributed by atoms with Crippen LogP contribution in [0.25, 0.3) is 22.2 Å². The van der Waals surface area contributed by atoms with Crippen molar-refractivity contribution in [2.24, 2.45) is 7.05 Å². The minimum absolute atomic E-state index is 0.0525. The lowest BCUT2D eigenvalue weighted by Crippen LogP contribution is -2.11. The van der Waals surface area contributed by atoms with Crippen molar-refractivity contribution in [3.63, 3.8) is 0 Å². The van der Waals surface area contributed by atoms with Crippen molar-refractivity contribution in [3.8, 4) is 11.3 Å². The molecule has 0 amide bonds. The minimum Gasteiger partial charge on any atom is -0.305 e. The molecule has 6 heteroatoms. The predicted molar refractivity (Wildman–Crippen MR) is 114 cm³/mol. The molecule has 0 fully saturated rings. The second-order valence-electron chi connectivity index (χ2n) is 7.50. The number of Topliss-reactive ketones (excluding diaryl/α,β-unsaturated/α-hetero) is 1. The maximum absolute atomic E-state index is 12.7. The first-order chi connectivity index (χ1) is 14.0. The number of aryl methyl sites for hydroxylation is 1.